The maximum atomic E-state index is 4.71. The van der Waals surface area contributed by atoms with Crippen molar-refractivity contribution in [1.82, 2.24) is 15.4 Å². The summed E-state index contributed by atoms with van der Waals surface area (Å²) < 4.78 is 14.1. The average Bonchev–Trinajstić information content (AvgIpc) is 2.82. The molecule has 0 spiro atoms. The van der Waals surface area contributed by atoms with Crippen LogP contribution in [-0.2, 0) is 13.3 Å². The second kappa shape index (κ2) is 7.12. The lowest BCUT2D eigenvalue weighted by Gasteiger charge is -2.02. The number of aromatic amines is 1. The Morgan fingerprint density at radius 1 is 1.06 bits per heavy atom. The third-order valence-electron chi connectivity index (χ3n) is 2.05. The van der Waals surface area contributed by atoms with Crippen molar-refractivity contribution >= 4 is 20.6 Å². The summed E-state index contributed by atoms with van der Waals surface area (Å²) in [5.41, 5.74) is 3.05. The molecule has 17 heavy (non-hydrogen) atoms. The minimum absolute atomic E-state index is 0.931. The number of hydrogen-bond donors (Lipinski definition) is 1. The van der Waals surface area contributed by atoms with Gasteiger partial charge < -0.3 is 13.3 Å². The number of benzene rings is 1. The standard InChI is InChI=1S/C7H7N3.C3H9O3Si/c1-5-3-2-4-6-7(5)9-10-8-6;1-4-7(5-2)6-3/h2-4H,1H3,(H,8,9,10);1-3H3. The molecule has 0 aliphatic rings. The van der Waals surface area contributed by atoms with Crippen LogP contribution in [-0.4, -0.2) is 46.3 Å². The van der Waals surface area contributed by atoms with E-state index in [1.54, 1.807) is 21.3 Å². The lowest BCUT2D eigenvalue weighted by Crippen LogP contribution is -2.21. The fourth-order valence-corrected chi connectivity index (χ4v) is 1.76. The zero-order valence-electron chi connectivity index (χ0n) is 10.4. The molecule has 0 atom stereocenters. The first-order chi connectivity index (χ1) is 8.22. The van der Waals surface area contributed by atoms with Gasteiger partial charge in [-0.1, -0.05) is 12.1 Å². The van der Waals surface area contributed by atoms with Gasteiger partial charge in [-0.2, -0.15) is 15.4 Å². The molecule has 1 aromatic heterocycles. The van der Waals surface area contributed by atoms with E-state index in [4.69, 9.17) is 13.3 Å². The molecule has 7 heteroatoms. The number of hydrogen-bond acceptors (Lipinski definition) is 5. The first-order valence-electron chi connectivity index (χ1n) is 4.98. The molecular weight excluding hydrogens is 238 g/mol. The number of aromatic nitrogens is 3. The van der Waals surface area contributed by atoms with E-state index < -0.39 is 9.53 Å². The Bertz CT molecular complexity index is 440. The number of fused-ring (bicyclic) bond motifs is 1. The van der Waals surface area contributed by atoms with Gasteiger partial charge in [-0.15, -0.1) is 0 Å². The largest absolute Gasteiger partial charge is 0.576 e. The SMILES string of the molecule is CO[Si](OC)OC.Cc1cccc2n[nH]nc12. The molecule has 0 aliphatic carbocycles. The molecule has 1 N–H and O–H groups in total. The smallest absolute Gasteiger partial charge is 0.375 e. The maximum absolute atomic E-state index is 4.71. The quantitative estimate of drug-likeness (QED) is 0.833. The van der Waals surface area contributed by atoms with Crippen molar-refractivity contribution in [1.29, 1.82) is 0 Å². The average molecular weight is 254 g/mol. The zero-order valence-corrected chi connectivity index (χ0v) is 11.4. The first kappa shape index (κ1) is 13.8. The first-order valence-corrected chi connectivity index (χ1v) is 6.20. The molecule has 0 bridgehead atoms. The number of nitrogens with zero attached hydrogens (tertiary/aromatic N) is 2. The highest BCUT2D eigenvalue weighted by atomic mass is 28.3. The van der Waals surface area contributed by atoms with Crippen LogP contribution in [0.1, 0.15) is 5.56 Å². The van der Waals surface area contributed by atoms with Gasteiger partial charge in [-0.05, 0) is 18.6 Å². The second-order valence-corrected chi connectivity index (χ2v) is 4.85. The summed E-state index contributed by atoms with van der Waals surface area (Å²) in [5, 5.41) is 10.5. The number of rotatable bonds is 3. The van der Waals surface area contributed by atoms with E-state index >= 15 is 0 Å². The molecule has 0 unspecified atom stereocenters. The third-order valence-corrected chi connectivity index (χ3v) is 3.05. The van der Waals surface area contributed by atoms with Crippen LogP contribution in [0.4, 0.5) is 0 Å². The Morgan fingerprint density at radius 3 is 2.18 bits per heavy atom. The van der Waals surface area contributed by atoms with Crippen LogP contribution in [0.2, 0.25) is 0 Å². The summed E-state index contributed by atoms with van der Waals surface area (Å²) in [5.74, 6) is 0. The number of para-hydroxylation sites is 1. The summed E-state index contributed by atoms with van der Waals surface area (Å²) in [4.78, 5) is 0. The van der Waals surface area contributed by atoms with Gasteiger partial charge >= 0.3 is 9.53 Å². The summed E-state index contributed by atoms with van der Waals surface area (Å²) in [6.07, 6.45) is 0. The predicted octanol–water partition coefficient (Wildman–Crippen LogP) is 1.18. The molecule has 1 aromatic carbocycles. The lowest BCUT2D eigenvalue weighted by atomic mass is 10.2. The van der Waals surface area contributed by atoms with Gasteiger partial charge in [-0.25, -0.2) is 0 Å². The molecule has 93 valence electrons. The molecular formula is C10H16N3O3Si. The third kappa shape index (κ3) is 3.90. The van der Waals surface area contributed by atoms with Crippen LogP contribution < -0.4 is 0 Å². The molecule has 0 saturated carbocycles. The molecule has 0 aliphatic heterocycles. The van der Waals surface area contributed by atoms with E-state index in [-0.39, 0.29) is 0 Å². The summed E-state index contributed by atoms with van der Waals surface area (Å²) in [6.45, 7) is 2.02. The molecule has 2 rings (SSSR count). The molecule has 0 fully saturated rings. The predicted molar refractivity (Wildman–Crippen MR) is 65.4 cm³/mol. The van der Waals surface area contributed by atoms with Crippen LogP contribution in [0.5, 0.6) is 0 Å². The van der Waals surface area contributed by atoms with Gasteiger partial charge in [0.25, 0.3) is 0 Å². The molecule has 0 amide bonds. The van der Waals surface area contributed by atoms with Crippen LogP contribution in [0.3, 0.4) is 0 Å². The summed E-state index contributed by atoms with van der Waals surface area (Å²) in [6, 6.07) is 5.93. The van der Waals surface area contributed by atoms with Crippen molar-refractivity contribution in [3.8, 4) is 0 Å². The van der Waals surface area contributed by atoms with Crippen LogP contribution in [0.25, 0.3) is 11.0 Å². The van der Waals surface area contributed by atoms with Crippen molar-refractivity contribution in [2.24, 2.45) is 0 Å². The van der Waals surface area contributed by atoms with E-state index in [1.165, 1.54) is 0 Å². The lowest BCUT2D eigenvalue weighted by molar-refractivity contribution is 0.163. The van der Waals surface area contributed by atoms with E-state index in [0.29, 0.717) is 0 Å². The van der Waals surface area contributed by atoms with Crippen LogP contribution in [0.15, 0.2) is 18.2 Å². The van der Waals surface area contributed by atoms with E-state index in [2.05, 4.69) is 15.4 Å². The van der Waals surface area contributed by atoms with Crippen molar-refractivity contribution in [2.45, 2.75) is 6.92 Å². The van der Waals surface area contributed by atoms with Gasteiger partial charge in [-0.3, -0.25) is 0 Å². The monoisotopic (exact) mass is 254 g/mol. The number of aryl methyl sites for hydroxylation is 1. The fraction of sp³-hybridized carbons (Fsp3) is 0.400. The molecule has 0 saturated heterocycles. The van der Waals surface area contributed by atoms with Gasteiger partial charge in [0.15, 0.2) is 0 Å². The molecule has 1 radical (unpaired) electrons. The van der Waals surface area contributed by atoms with Crippen LogP contribution in [0, 0.1) is 6.92 Å². The second-order valence-electron chi connectivity index (χ2n) is 3.13. The van der Waals surface area contributed by atoms with E-state index in [9.17, 15) is 0 Å². The number of H-pyrrole nitrogens is 1. The molecule has 2 aromatic rings. The van der Waals surface area contributed by atoms with E-state index in [0.717, 1.165) is 16.6 Å². The minimum atomic E-state index is -1.36. The van der Waals surface area contributed by atoms with Crippen molar-refractivity contribution in [2.75, 3.05) is 21.3 Å². The Morgan fingerprint density at radius 2 is 1.71 bits per heavy atom. The highest BCUT2D eigenvalue weighted by molar-refractivity contribution is 6.36. The molecule has 1 heterocycles. The van der Waals surface area contributed by atoms with Gasteiger partial charge in [0.2, 0.25) is 0 Å². The Labute approximate surface area is 102 Å². The van der Waals surface area contributed by atoms with Crippen molar-refractivity contribution < 1.29 is 13.3 Å². The van der Waals surface area contributed by atoms with Crippen LogP contribution >= 0.6 is 0 Å². The highest BCUT2D eigenvalue weighted by Gasteiger charge is 2.09. The minimum Gasteiger partial charge on any atom is -0.375 e. The topological polar surface area (TPSA) is 69.3 Å². The molecule has 6 nitrogen and oxygen atoms in total. The van der Waals surface area contributed by atoms with Gasteiger partial charge in [0, 0.05) is 21.3 Å². The maximum Gasteiger partial charge on any atom is 0.576 e. The normalized spacial score (nSPS) is 10.4. The summed E-state index contributed by atoms with van der Waals surface area (Å²) >= 11 is 0. The fourth-order valence-electron chi connectivity index (χ4n) is 1.26. The highest BCUT2D eigenvalue weighted by Crippen LogP contribution is 2.10. The van der Waals surface area contributed by atoms with Crippen molar-refractivity contribution in [3.63, 3.8) is 0 Å². The Balaban J connectivity index is 0.000000185. The summed E-state index contributed by atoms with van der Waals surface area (Å²) in [7, 11) is 3.31. The number of nitrogens with one attached hydrogen (secondary N) is 1. The Kier molecular flexibility index (Phi) is 5.77. The van der Waals surface area contributed by atoms with Gasteiger partial charge in [0.1, 0.15) is 11.0 Å². The van der Waals surface area contributed by atoms with Crippen molar-refractivity contribution in [3.05, 3.63) is 23.8 Å². The zero-order chi connectivity index (χ0) is 12.7. The Hall–Kier alpha value is -1.28. The van der Waals surface area contributed by atoms with E-state index in [1.807, 2.05) is 25.1 Å². The van der Waals surface area contributed by atoms with Gasteiger partial charge in [0.05, 0.1) is 0 Å².